The summed E-state index contributed by atoms with van der Waals surface area (Å²) in [4.78, 5) is 34.3. The Morgan fingerprint density at radius 3 is 2.42 bits per heavy atom. The van der Waals surface area contributed by atoms with E-state index in [9.17, 15) is 19.7 Å². The molecule has 0 aliphatic heterocycles. The van der Waals surface area contributed by atoms with Crippen LogP contribution in [0.4, 0.5) is 17.1 Å². The molecule has 0 unspecified atom stereocenters. The number of aryl methyl sites for hydroxylation is 1. The summed E-state index contributed by atoms with van der Waals surface area (Å²) in [6.07, 6.45) is -0.306. The summed E-state index contributed by atoms with van der Waals surface area (Å²) in [6, 6.07) is 10.2. The van der Waals surface area contributed by atoms with Crippen LogP contribution in [0.15, 0.2) is 42.5 Å². The molecule has 1 amide bonds. The molecule has 8 nitrogen and oxygen atoms in total. The van der Waals surface area contributed by atoms with E-state index in [2.05, 4.69) is 5.32 Å². The quantitative estimate of drug-likeness (QED) is 0.354. The Labute approximate surface area is 150 Å². The number of benzene rings is 2. The van der Waals surface area contributed by atoms with Gasteiger partial charge >= 0.3 is 5.97 Å². The lowest BCUT2D eigenvalue weighted by Gasteiger charge is -2.14. The van der Waals surface area contributed by atoms with E-state index in [1.54, 1.807) is 12.1 Å². The Hall–Kier alpha value is -3.42. The molecular weight excluding hydrogens is 338 g/mol. The van der Waals surface area contributed by atoms with Crippen molar-refractivity contribution in [2.24, 2.45) is 0 Å². The molecule has 2 aromatic rings. The minimum absolute atomic E-state index is 0.0874. The van der Waals surface area contributed by atoms with Crippen molar-refractivity contribution in [2.75, 3.05) is 11.1 Å². The molecule has 2 rings (SSSR count). The van der Waals surface area contributed by atoms with Gasteiger partial charge in [-0.2, -0.15) is 0 Å². The van der Waals surface area contributed by atoms with Crippen LogP contribution in [0.1, 0.15) is 29.8 Å². The topological polar surface area (TPSA) is 125 Å². The van der Waals surface area contributed by atoms with Crippen molar-refractivity contribution in [3.8, 4) is 0 Å². The highest BCUT2D eigenvalue weighted by molar-refractivity contribution is 5.97. The maximum absolute atomic E-state index is 12.2. The minimum atomic E-state index is -1.05. The number of amides is 1. The maximum atomic E-state index is 12.2. The van der Waals surface area contributed by atoms with Gasteiger partial charge in [-0.05, 0) is 43.2 Å². The number of rotatable bonds is 6. The normalized spacial score (nSPS) is 11.5. The highest BCUT2D eigenvalue weighted by atomic mass is 16.6. The molecule has 8 heteroatoms. The number of nitrogens with two attached hydrogens (primary N) is 1. The Morgan fingerprint density at radius 2 is 1.88 bits per heavy atom. The van der Waals surface area contributed by atoms with E-state index in [4.69, 9.17) is 10.5 Å². The van der Waals surface area contributed by atoms with Gasteiger partial charge in [0.25, 0.3) is 11.6 Å². The smallest absolute Gasteiger partial charge is 0.338 e. The number of anilines is 2. The Morgan fingerprint density at radius 1 is 1.23 bits per heavy atom. The third-order valence-electron chi connectivity index (χ3n) is 3.76. The Bertz CT molecular complexity index is 833. The van der Waals surface area contributed by atoms with E-state index in [1.165, 1.54) is 37.3 Å². The fourth-order valence-electron chi connectivity index (χ4n) is 2.24. The van der Waals surface area contributed by atoms with Crippen molar-refractivity contribution in [1.29, 1.82) is 0 Å². The van der Waals surface area contributed by atoms with Crippen LogP contribution >= 0.6 is 0 Å². The highest BCUT2D eigenvalue weighted by Crippen LogP contribution is 2.18. The molecule has 26 heavy (non-hydrogen) atoms. The molecule has 0 radical (unpaired) electrons. The Kier molecular flexibility index (Phi) is 5.90. The molecule has 2 aromatic carbocycles. The first kappa shape index (κ1) is 18.9. The fourth-order valence-corrected chi connectivity index (χ4v) is 2.24. The average Bonchev–Trinajstić information content (AvgIpc) is 2.61. The minimum Gasteiger partial charge on any atom is -0.449 e. The largest absolute Gasteiger partial charge is 0.449 e. The van der Waals surface area contributed by atoms with Gasteiger partial charge in [-0.3, -0.25) is 14.9 Å². The first-order valence-corrected chi connectivity index (χ1v) is 7.96. The number of non-ortho nitro benzene ring substituents is 1. The lowest BCUT2D eigenvalue weighted by molar-refractivity contribution is -0.384. The fraction of sp³-hybridized carbons (Fsp3) is 0.222. The summed E-state index contributed by atoms with van der Waals surface area (Å²) < 4.78 is 5.15. The lowest BCUT2D eigenvalue weighted by Crippen LogP contribution is -2.30. The number of ether oxygens (including phenoxy) is 1. The second-order valence-electron chi connectivity index (χ2n) is 5.61. The third kappa shape index (κ3) is 4.56. The molecule has 0 saturated carbocycles. The van der Waals surface area contributed by atoms with Gasteiger partial charge in [0.05, 0.1) is 10.5 Å². The predicted octanol–water partition coefficient (Wildman–Crippen LogP) is 2.92. The van der Waals surface area contributed by atoms with Crippen molar-refractivity contribution < 1.29 is 19.2 Å². The first-order valence-electron chi connectivity index (χ1n) is 7.96. The number of nitrogen functional groups attached to an aromatic ring is 1. The van der Waals surface area contributed by atoms with Crippen LogP contribution < -0.4 is 11.1 Å². The standard InChI is InChI=1S/C18H19N3O5/c1-3-12-4-5-13(10-16(12)19)18(23)26-11(2)17(22)20-14-6-8-15(9-7-14)21(24)25/h4-11H,3,19H2,1-2H3,(H,20,22)/t11-/m1/s1. The monoisotopic (exact) mass is 357 g/mol. The summed E-state index contributed by atoms with van der Waals surface area (Å²) >= 11 is 0. The molecule has 0 aliphatic rings. The van der Waals surface area contributed by atoms with Crippen molar-refractivity contribution in [3.05, 3.63) is 63.7 Å². The number of carbonyl (C=O) groups excluding carboxylic acids is 2. The van der Waals surface area contributed by atoms with Gasteiger partial charge in [0, 0.05) is 23.5 Å². The number of nitrogens with one attached hydrogen (secondary N) is 1. The molecule has 0 saturated heterocycles. The van der Waals surface area contributed by atoms with Gasteiger partial charge in [-0.15, -0.1) is 0 Å². The van der Waals surface area contributed by atoms with Crippen LogP contribution in [0.25, 0.3) is 0 Å². The molecule has 0 heterocycles. The van der Waals surface area contributed by atoms with Crippen LogP contribution in [-0.4, -0.2) is 22.9 Å². The van der Waals surface area contributed by atoms with Crippen molar-refractivity contribution in [3.63, 3.8) is 0 Å². The number of hydrogen-bond acceptors (Lipinski definition) is 6. The van der Waals surface area contributed by atoms with Crippen LogP contribution in [0.2, 0.25) is 0 Å². The van der Waals surface area contributed by atoms with Crippen LogP contribution in [0.3, 0.4) is 0 Å². The maximum Gasteiger partial charge on any atom is 0.338 e. The molecule has 3 N–H and O–H groups in total. The van der Waals surface area contributed by atoms with Crippen LogP contribution in [0, 0.1) is 10.1 Å². The second kappa shape index (κ2) is 8.11. The summed E-state index contributed by atoms with van der Waals surface area (Å²) in [5.74, 6) is -1.21. The zero-order chi connectivity index (χ0) is 19.3. The van der Waals surface area contributed by atoms with E-state index in [0.717, 1.165) is 12.0 Å². The highest BCUT2D eigenvalue weighted by Gasteiger charge is 2.20. The zero-order valence-electron chi connectivity index (χ0n) is 14.4. The van der Waals surface area contributed by atoms with Gasteiger partial charge in [-0.25, -0.2) is 4.79 Å². The number of hydrogen-bond donors (Lipinski definition) is 2. The molecule has 0 aliphatic carbocycles. The van der Waals surface area contributed by atoms with Crippen LogP contribution in [0.5, 0.6) is 0 Å². The SMILES string of the molecule is CCc1ccc(C(=O)O[C@H](C)C(=O)Nc2ccc([N+](=O)[O-])cc2)cc1N. The number of carbonyl (C=O) groups is 2. The molecule has 0 bridgehead atoms. The van der Waals surface area contributed by atoms with Gasteiger partial charge < -0.3 is 15.8 Å². The molecule has 0 aromatic heterocycles. The van der Waals surface area contributed by atoms with Crippen molar-refractivity contribution in [1.82, 2.24) is 0 Å². The third-order valence-corrected chi connectivity index (χ3v) is 3.76. The Balaban J connectivity index is 1.98. The number of nitrogens with zero attached hydrogens (tertiary/aromatic N) is 1. The summed E-state index contributed by atoms with van der Waals surface area (Å²) in [5.41, 5.74) is 7.81. The number of nitro benzene ring substituents is 1. The van der Waals surface area contributed by atoms with E-state index < -0.39 is 22.9 Å². The summed E-state index contributed by atoms with van der Waals surface area (Å²) in [6.45, 7) is 3.39. The van der Waals surface area contributed by atoms with E-state index >= 15 is 0 Å². The van der Waals surface area contributed by atoms with Gasteiger partial charge in [0.2, 0.25) is 0 Å². The number of esters is 1. The van der Waals surface area contributed by atoms with Gasteiger partial charge in [0.1, 0.15) is 0 Å². The molecular formula is C18H19N3O5. The predicted molar refractivity (Wildman–Crippen MR) is 96.8 cm³/mol. The van der Waals surface area contributed by atoms with Crippen molar-refractivity contribution >= 4 is 28.9 Å². The van der Waals surface area contributed by atoms with Gasteiger partial charge in [0.15, 0.2) is 6.10 Å². The zero-order valence-corrected chi connectivity index (χ0v) is 14.4. The number of nitro groups is 1. The molecule has 136 valence electrons. The molecule has 0 fully saturated rings. The summed E-state index contributed by atoms with van der Waals surface area (Å²) in [7, 11) is 0. The summed E-state index contributed by atoms with van der Waals surface area (Å²) in [5, 5.41) is 13.1. The van der Waals surface area contributed by atoms with E-state index in [0.29, 0.717) is 11.4 Å². The second-order valence-corrected chi connectivity index (χ2v) is 5.61. The average molecular weight is 357 g/mol. The lowest BCUT2D eigenvalue weighted by atomic mass is 10.1. The first-order chi connectivity index (χ1) is 12.3. The van der Waals surface area contributed by atoms with Gasteiger partial charge in [-0.1, -0.05) is 13.0 Å². The van der Waals surface area contributed by atoms with Crippen LogP contribution in [-0.2, 0) is 16.0 Å². The van der Waals surface area contributed by atoms with Crippen molar-refractivity contribution in [2.45, 2.75) is 26.4 Å². The molecule has 1 atom stereocenters. The van der Waals surface area contributed by atoms with E-state index in [1.807, 2.05) is 6.92 Å². The molecule has 0 spiro atoms. The van der Waals surface area contributed by atoms with E-state index in [-0.39, 0.29) is 11.3 Å².